The Morgan fingerprint density at radius 3 is 2.48 bits per heavy atom. The van der Waals surface area contributed by atoms with Crippen LogP contribution in [-0.4, -0.2) is 21.4 Å². The minimum absolute atomic E-state index is 0.0179. The van der Waals surface area contributed by atoms with E-state index in [0.717, 1.165) is 11.1 Å². The number of aryl methyl sites for hydroxylation is 2. The van der Waals surface area contributed by atoms with Gasteiger partial charge in [0.25, 0.3) is 15.9 Å². The zero-order chi connectivity index (χ0) is 20.8. The first kappa shape index (κ1) is 19.0. The number of hydrogen-bond donors (Lipinski definition) is 1. The Labute approximate surface area is 169 Å². The van der Waals surface area contributed by atoms with Crippen LogP contribution in [0.2, 0.25) is 0 Å². The van der Waals surface area contributed by atoms with E-state index in [4.69, 9.17) is 4.74 Å². The van der Waals surface area contributed by atoms with Crippen molar-refractivity contribution in [2.45, 2.75) is 18.7 Å². The van der Waals surface area contributed by atoms with Gasteiger partial charge in [-0.25, -0.2) is 8.42 Å². The second-order valence-electron chi connectivity index (χ2n) is 6.97. The van der Waals surface area contributed by atoms with Crippen molar-refractivity contribution in [3.05, 3.63) is 77.4 Å². The highest BCUT2D eigenvalue weighted by atomic mass is 32.2. The van der Waals surface area contributed by atoms with Crippen molar-refractivity contribution in [1.82, 2.24) is 0 Å². The molecule has 0 aromatic heterocycles. The summed E-state index contributed by atoms with van der Waals surface area (Å²) >= 11 is 0. The van der Waals surface area contributed by atoms with Crippen molar-refractivity contribution in [2.75, 3.05) is 16.7 Å². The fourth-order valence-electron chi connectivity index (χ4n) is 3.25. The average Bonchev–Trinajstić information content (AvgIpc) is 2.84. The zero-order valence-corrected chi connectivity index (χ0v) is 17.1. The van der Waals surface area contributed by atoms with Gasteiger partial charge in [0, 0.05) is 7.05 Å². The third-order valence-electron chi connectivity index (χ3n) is 4.91. The number of carbonyl (C=O) groups excluding carboxylic acids is 1. The summed E-state index contributed by atoms with van der Waals surface area (Å²) in [7, 11) is -2.36. The van der Waals surface area contributed by atoms with E-state index in [1.54, 1.807) is 24.3 Å². The second kappa shape index (κ2) is 6.93. The van der Waals surface area contributed by atoms with Crippen molar-refractivity contribution in [1.29, 1.82) is 0 Å². The quantitative estimate of drug-likeness (QED) is 0.693. The van der Waals surface area contributed by atoms with Gasteiger partial charge in [0.05, 0.1) is 21.8 Å². The number of carbonyl (C=O) groups is 1. The highest BCUT2D eigenvalue weighted by Crippen LogP contribution is 2.37. The van der Waals surface area contributed by atoms with E-state index in [-0.39, 0.29) is 10.5 Å². The van der Waals surface area contributed by atoms with E-state index in [1.165, 1.54) is 29.6 Å². The summed E-state index contributed by atoms with van der Waals surface area (Å²) in [6.07, 6.45) is 0. The van der Waals surface area contributed by atoms with Crippen molar-refractivity contribution < 1.29 is 17.9 Å². The van der Waals surface area contributed by atoms with Crippen LogP contribution in [0.25, 0.3) is 0 Å². The molecule has 0 unspecified atom stereocenters. The van der Waals surface area contributed by atoms with Crippen molar-refractivity contribution >= 4 is 27.3 Å². The summed E-state index contributed by atoms with van der Waals surface area (Å²) in [6, 6.07) is 17.0. The van der Waals surface area contributed by atoms with E-state index in [1.807, 2.05) is 32.0 Å². The number of hydrogen-bond acceptors (Lipinski definition) is 4. The molecule has 1 aliphatic rings. The third kappa shape index (κ3) is 3.34. The monoisotopic (exact) mass is 408 g/mol. The Balaban J connectivity index is 1.76. The third-order valence-corrected chi connectivity index (χ3v) is 6.68. The molecule has 0 fully saturated rings. The summed E-state index contributed by atoms with van der Waals surface area (Å²) in [5.41, 5.74) is 3.09. The minimum Gasteiger partial charge on any atom is -0.454 e. The zero-order valence-electron chi connectivity index (χ0n) is 16.3. The van der Waals surface area contributed by atoms with Crippen LogP contribution in [0.15, 0.2) is 65.6 Å². The molecule has 7 heteroatoms. The molecule has 148 valence electrons. The van der Waals surface area contributed by atoms with Crippen LogP contribution in [-0.2, 0) is 10.0 Å². The number of nitrogens with one attached hydrogen (secondary N) is 1. The van der Waals surface area contributed by atoms with Gasteiger partial charge in [-0.1, -0.05) is 24.3 Å². The number of rotatable bonds is 3. The van der Waals surface area contributed by atoms with Crippen LogP contribution in [0.5, 0.6) is 11.5 Å². The maximum atomic E-state index is 13.2. The smallest absolute Gasteiger partial charge is 0.264 e. The molecule has 1 amide bonds. The number of anilines is 2. The molecule has 0 spiro atoms. The van der Waals surface area contributed by atoms with Gasteiger partial charge >= 0.3 is 0 Å². The fraction of sp³-hybridized carbons (Fsp3) is 0.136. The number of ether oxygens (including phenoxy) is 1. The molecule has 29 heavy (non-hydrogen) atoms. The summed E-state index contributed by atoms with van der Waals surface area (Å²) in [5, 5.41) is 2.76. The standard InChI is InChI=1S/C22H20N2O4S/c1-14-8-9-15(2)19(12-14)24(3)29(26,27)16-10-11-20-17(13-16)22(25)23-18-6-4-5-7-21(18)28-20/h4-13H,1-3H3,(H,23,25). The highest BCUT2D eigenvalue weighted by Gasteiger charge is 2.27. The molecule has 6 nitrogen and oxygen atoms in total. The summed E-state index contributed by atoms with van der Waals surface area (Å²) < 4.78 is 33.6. The molecule has 4 rings (SSSR count). The lowest BCUT2D eigenvalue weighted by molar-refractivity contribution is 0.102. The largest absolute Gasteiger partial charge is 0.454 e. The fourth-order valence-corrected chi connectivity index (χ4v) is 4.53. The summed E-state index contributed by atoms with van der Waals surface area (Å²) in [6.45, 7) is 3.77. The van der Waals surface area contributed by atoms with Gasteiger partial charge in [0.2, 0.25) is 0 Å². The lowest BCUT2D eigenvalue weighted by Crippen LogP contribution is -2.27. The molecule has 0 atom stereocenters. The maximum absolute atomic E-state index is 13.2. The Morgan fingerprint density at radius 1 is 0.931 bits per heavy atom. The first-order valence-corrected chi connectivity index (χ1v) is 10.5. The molecule has 0 aliphatic carbocycles. The Kier molecular flexibility index (Phi) is 4.55. The molecule has 0 saturated carbocycles. The summed E-state index contributed by atoms with van der Waals surface area (Å²) in [5.74, 6) is 0.389. The van der Waals surface area contributed by atoms with E-state index >= 15 is 0 Å². The average molecular weight is 408 g/mol. The predicted octanol–water partition coefficient (Wildman–Crippen LogP) is 4.49. The van der Waals surface area contributed by atoms with Crippen molar-refractivity contribution in [3.8, 4) is 11.5 Å². The first-order chi connectivity index (χ1) is 13.8. The van der Waals surface area contributed by atoms with Crippen LogP contribution in [0, 0.1) is 13.8 Å². The van der Waals surface area contributed by atoms with Gasteiger partial charge in [0.15, 0.2) is 5.75 Å². The molecule has 1 N–H and O–H groups in total. The molecular formula is C22H20N2O4S. The van der Waals surface area contributed by atoms with Crippen molar-refractivity contribution in [3.63, 3.8) is 0 Å². The van der Waals surface area contributed by atoms with Crippen LogP contribution < -0.4 is 14.4 Å². The number of fused-ring (bicyclic) bond motifs is 2. The normalized spacial score (nSPS) is 12.9. The van der Waals surface area contributed by atoms with Crippen LogP contribution in [0.3, 0.4) is 0 Å². The van der Waals surface area contributed by atoms with Gasteiger partial charge in [-0.15, -0.1) is 0 Å². The molecule has 3 aromatic carbocycles. The number of para-hydroxylation sites is 2. The Hall–Kier alpha value is -3.32. The van der Waals surface area contributed by atoms with Crippen molar-refractivity contribution in [2.24, 2.45) is 0 Å². The number of nitrogens with zero attached hydrogens (tertiary/aromatic N) is 1. The van der Waals surface area contributed by atoms with Crippen LogP contribution >= 0.6 is 0 Å². The van der Waals surface area contributed by atoms with Gasteiger partial charge in [-0.3, -0.25) is 9.10 Å². The highest BCUT2D eigenvalue weighted by molar-refractivity contribution is 7.92. The topological polar surface area (TPSA) is 75.7 Å². The Morgan fingerprint density at radius 2 is 1.69 bits per heavy atom. The number of sulfonamides is 1. The molecule has 0 bridgehead atoms. The molecule has 3 aromatic rings. The predicted molar refractivity (Wildman–Crippen MR) is 112 cm³/mol. The molecule has 1 heterocycles. The van der Waals surface area contributed by atoms with Crippen LogP contribution in [0.4, 0.5) is 11.4 Å². The SMILES string of the molecule is Cc1ccc(C)c(N(C)S(=O)(=O)c2ccc3c(c2)C(=O)Nc2ccccc2O3)c1. The second-order valence-corrected chi connectivity index (χ2v) is 8.94. The van der Waals surface area contributed by atoms with Crippen LogP contribution in [0.1, 0.15) is 21.5 Å². The van der Waals surface area contributed by atoms with Gasteiger partial charge in [0.1, 0.15) is 5.75 Å². The van der Waals surface area contributed by atoms with E-state index in [9.17, 15) is 13.2 Å². The number of benzene rings is 3. The summed E-state index contributed by atoms with van der Waals surface area (Å²) in [4.78, 5) is 12.7. The Bertz CT molecular complexity index is 1240. The van der Waals surface area contributed by atoms with E-state index in [0.29, 0.717) is 22.9 Å². The lowest BCUT2D eigenvalue weighted by Gasteiger charge is -2.22. The molecule has 1 aliphatic heterocycles. The number of amides is 1. The van der Waals surface area contributed by atoms with E-state index in [2.05, 4.69) is 5.32 Å². The minimum atomic E-state index is -3.87. The van der Waals surface area contributed by atoms with Gasteiger partial charge in [-0.05, 0) is 61.4 Å². The van der Waals surface area contributed by atoms with E-state index < -0.39 is 15.9 Å². The molecule has 0 radical (unpaired) electrons. The molecular weight excluding hydrogens is 388 g/mol. The maximum Gasteiger partial charge on any atom is 0.264 e. The lowest BCUT2D eigenvalue weighted by atomic mass is 10.1. The molecule has 0 saturated heterocycles. The van der Waals surface area contributed by atoms with Gasteiger partial charge < -0.3 is 10.1 Å². The first-order valence-electron chi connectivity index (χ1n) is 9.06. The van der Waals surface area contributed by atoms with Gasteiger partial charge in [-0.2, -0.15) is 0 Å².